The summed E-state index contributed by atoms with van der Waals surface area (Å²) in [6.07, 6.45) is -0.330. The van der Waals surface area contributed by atoms with Crippen LogP contribution in [-0.4, -0.2) is 25.4 Å². The highest BCUT2D eigenvalue weighted by molar-refractivity contribution is 5.84. The molecule has 0 aliphatic carbocycles. The van der Waals surface area contributed by atoms with Gasteiger partial charge in [-0.25, -0.2) is 4.79 Å². The Morgan fingerprint density at radius 3 is 2.80 bits per heavy atom. The minimum absolute atomic E-state index is 0.105. The zero-order valence-corrected chi connectivity index (χ0v) is 8.53. The SMILES string of the molecule is Cc1ccc(NC(=O)OC[C@H]2CO2)cc1. The van der Waals surface area contributed by atoms with Crippen LogP contribution in [-0.2, 0) is 9.47 Å². The second-order valence-corrected chi connectivity index (χ2v) is 3.54. The van der Waals surface area contributed by atoms with Crippen LogP contribution < -0.4 is 5.32 Å². The Kier molecular flexibility index (Phi) is 2.87. The standard InChI is InChI=1S/C11H13NO3/c1-8-2-4-9(5-3-8)12-11(13)15-7-10-6-14-10/h2-5,10H,6-7H2,1H3,(H,12,13)/t10-/m1/s1. The fourth-order valence-corrected chi connectivity index (χ4v) is 1.12. The average Bonchev–Trinajstić information content (AvgIpc) is 3.02. The van der Waals surface area contributed by atoms with Crippen molar-refractivity contribution in [3.63, 3.8) is 0 Å². The van der Waals surface area contributed by atoms with E-state index in [0.717, 1.165) is 11.3 Å². The van der Waals surface area contributed by atoms with E-state index in [-0.39, 0.29) is 6.10 Å². The molecule has 1 saturated heterocycles. The van der Waals surface area contributed by atoms with E-state index >= 15 is 0 Å². The lowest BCUT2D eigenvalue weighted by Gasteiger charge is -2.05. The first-order valence-corrected chi connectivity index (χ1v) is 4.86. The third-order valence-electron chi connectivity index (χ3n) is 2.10. The van der Waals surface area contributed by atoms with Gasteiger partial charge in [0.2, 0.25) is 0 Å². The summed E-state index contributed by atoms with van der Waals surface area (Å²) in [6, 6.07) is 7.54. The quantitative estimate of drug-likeness (QED) is 0.770. The highest BCUT2D eigenvalue weighted by atomic mass is 16.6. The molecule has 0 radical (unpaired) electrons. The van der Waals surface area contributed by atoms with Gasteiger partial charge in [-0.2, -0.15) is 0 Å². The Hall–Kier alpha value is -1.55. The first kappa shape index (κ1) is 9.98. The molecule has 80 valence electrons. The molecule has 1 aliphatic rings. The highest BCUT2D eigenvalue weighted by Gasteiger charge is 2.24. The summed E-state index contributed by atoms with van der Waals surface area (Å²) in [5.74, 6) is 0. The molecule has 1 N–H and O–H groups in total. The molecule has 0 saturated carbocycles. The van der Waals surface area contributed by atoms with Crippen molar-refractivity contribution in [2.24, 2.45) is 0 Å². The van der Waals surface area contributed by atoms with Crippen molar-refractivity contribution >= 4 is 11.8 Å². The van der Waals surface area contributed by atoms with Crippen molar-refractivity contribution in [2.45, 2.75) is 13.0 Å². The maximum absolute atomic E-state index is 11.2. The lowest BCUT2D eigenvalue weighted by atomic mass is 10.2. The Bertz CT molecular complexity index is 343. The number of carbonyl (C=O) groups excluding carboxylic acids is 1. The number of nitrogens with one attached hydrogen (secondary N) is 1. The van der Waals surface area contributed by atoms with Gasteiger partial charge in [-0.1, -0.05) is 17.7 Å². The molecule has 1 heterocycles. The third kappa shape index (κ3) is 3.25. The average molecular weight is 207 g/mol. The van der Waals surface area contributed by atoms with E-state index in [0.29, 0.717) is 13.2 Å². The van der Waals surface area contributed by atoms with E-state index < -0.39 is 6.09 Å². The fraction of sp³-hybridized carbons (Fsp3) is 0.364. The molecule has 1 atom stereocenters. The van der Waals surface area contributed by atoms with Crippen LogP contribution in [0.2, 0.25) is 0 Å². The van der Waals surface area contributed by atoms with Crippen molar-refractivity contribution in [3.05, 3.63) is 29.8 Å². The molecule has 1 amide bonds. The van der Waals surface area contributed by atoms with Crippen LogP contribution in [0, 0.1) is 6.92 Å². The highest BCUT2D eigenvalue weighted by Crippen LogP contribution is 2.11. The summed E-state index contributed by atoms with van der Waals surface area (Å²) in [6.45, 7) is 3.02. The normalized spacial score (nSPS) is 18.3. The molecule has 2 rings (SSSR count). The predicted octanol–water partition coefficient (Wildman–Crippen LogP) is 1.94. The van der Waals surface area contributed by atoms with Gasteiger partial charge in [-0.05, 0) is 19.1 Å². The smallest absolute Gasteiger partial charge is 0.411 e. The van der Waals surface area contributed by atoms with E-state index in [1.807, 2.05) is 31.2 Å². The third-order valence-corrected chi connectivity index (χ3v) is 2.10. The number of hydrogen-bond acceptors (Lipinski definition) is 3. The predicted molar refractivity (Wildman–Crippen MR) is 55.9 cm³/mol. The number of aryl methyl sites for hydroxylation is 1. The van der Waals surface area contributed by atoms with Gasteiger partial charge in [0, 0.05) is 5.69 Å². The van der Waals surface area contributed by atoms with Crippen LogP contribution in [0.3, 0.4) is 0 Å². The van der Waals surface area contributed by atoms with Gasteiger partial charge < -0.3 is 9.47 Å². The van der Waals surface area contributed by atoms with E-state index in [4.69, 9.17) is 9.47 Å². The van der Waals surface area contributed by atoms with Gasteiger partial charge in [-0.3, -0.25) is 5.32 Å². The molecule has 4 nitrogen and oxygen atoms in total. The molecule has 15 heavy (non-hydrogen) atoms. The summed E-state index contributed by atoms with van der Waals surface area (Å²) in [4.78, 5) is 11.2. The molecule has 0 aromatic heterocycles. The van der Waals surface area contributed by atoms with Crippen LogP contribution >= 0.6 is 0 Å². The Morgan fingerprint density at radius 1 is 1.53 bits per heavy atom. The van der Waals surface area contributed by atoms with Gasteiger partial charge in [0.15, 0.2) is 0 Å². The first-order chi connectivity index (χ1) is 7.24. The number of epoxide rings is 1. The number of anilines is 1. The number of ether oxygens (including phenoxy) is 2. The monoisotopic (exact) mass is 207 g/mol. The van der Waals surface area contributed by atoms with Crippen molar-refractivity contribution in [1.29, 1.82) is 0 Å². The van der Waals surface area contributed by atoms with E-state index in [2.05, 4.69) is 5.32 Å². The molecule has 0 spiro atoms. The minimum atomic E-state index is -0.436. The van der Waals surface area contributed by atoms with E-state index in [1.54, 1.807) is 0 Å². The minimum Gasteiger partial charge on any atom is -0.446 e. The van der Waals surface area contributed by atoms with Crippen LogP contribution in [0.1, 0.15) is 5.56 Å². The summed E-state index contributed by atoms with van der Waals surface area (Å²) in [5.41, 5.74) is 1.89. The van der Waals surface area contributed by atoms with Crippen molar-refractivity contribution < 1.29 is 14.3 Å². The number of rotatable bonds is 3. The second kappa shape index (κ2) is 4.31. The van der Waals surface area contributed by atoms with Gasteiger partial charge in [0.05, 0.1) is 6.61 Å². The molecule has 1 aliphatic heterocycles. The largest absolute Gasteiger partial charge is 0.446 e. The number of amides is 1. The zero-order chi connectivity index (χ0) is 10.7. The van der Waals surface area contributed by atoms with Gasteiger partial charge in [-0.15, -0.1) is 0 Å². The number of hydrogen-bond donors (Lipinski definition) is 1. The fourth-order valence-electron chi connectivity index (χ4n) is 1.12. The lowest BCUT2D eigenvalue weighted by molar-refractivity contribution is 0.150. The van der Waals surface area contributed by atoms with Crippen molar-refractivity contribution in [3.8, 4) is 0 Å². The maximum Gasteiger partial charge on any atom is 0.411 e. The first-order valence-electron chi connectivity index (χ1n) is 4.86. The number of benzene rings is 1. The summed E-state index contributed by atoms with van der Waals surface area (Å²) >= 11 is 0. The van der Waals surface area contributed by atoms with Crippen molar-refractivity contribution in [2.75, 3.05) is 18.5 Å². The Labute approximate surface area is 88.2 Å². The summed E-state index contributed by atoms with van der Waals surface area (Å²) in [7, 11) is 0. The van der Waals surface area contributed by atoms with Crippen LogP contribution in [0.15, 0.2) is 24.3 Å². The van der Waals surface area contributed by atoms with E-state index in [9.17, 15) is 4.79 Å². The molecule has 4 heteroatoms. The van der Waals surface area contributed by atoms with Gasteiger partial charge in [0.25, 0.3) is 0 Å². The molecule has 1 fully saturated rings. The molecule has 1 aromatic rings. The molecule has 0 unspecified atom stereocenters. The summed E-state index contributed by atoms with van der Waals surface area (Å²) in [5, 5.41) is 2.64. The molecule has 1 aromatic carbocycles. The lowest BCUT2D eigenvalue weighted by Crippen LogP contribution is -2.16. The Balaban J connectivity index is 1.79. The molecule has 0 bridgehead atoms. The molecular weight excluding hydrogens is 194 g/mol. The zero-order valence-electron chi connectivity index (χ0n) is 8.53. The Morgan fingerprint density at radius 2 is 2.20 bits per heavy atom. The van der Waals surface area contributed by atoms with E-state index in [1.165, 1.54) is 0 Å². The van der Waals surface area contributed by atoms with Crippen LogP contribution in [0.5, 0.6) is 0 Å². The van der Waals surface area contributed by atoms with Gasteiger partial charge in [0.1, 0.15) is 12.7 Å². The van der Waals surface area contributed by atoms with Gasteiger partial charge >= 0.3 is 6.09 Å². The topological polar surface area (TPSA) is 50.9 Å². The second-order valence-electron chi connectivity index (χ2n) is 3.54. The van der Waals surface area contributed by atoms with Crippen molar-refractivity contribution in [1.82, 2.24) is 0 Å². The maximum atomic E-state index is 11.2. The van der Waals surface area contributed by atoms with Crippen LogP contribution in [0.25, 0.3) is 0 Å². The number of carbonyl (C=O) groups is 1. The molecular formula is C11H13NO3. The summed E-state index contributed by atoms with van der Waals surface area (Å²) < 4.78 is 9.84. The van der Waals surface area contributed by atoms with Crippen LogP contribution in [0.4, 0.5) is 10.5 Å².